The molecule has 0 saturated heterocycles. The van der Waals surface area contributed by atoms with E-state index in [0.29, 0.717) is 18.8 Å². The molecule has 3 amide bonds. The zero-order valence-corrected chi connectivity index (χ0v) is 19.9. The van der Waals surface area contributed by atoms with Crippen LogP contribution in [0.3, 0.4) is 0 Å². The summed E-state index contributed by atoms with van der Waals surface area (Å²) in [6.07, 6.45) is 12.5. The molecule has 6 nitrogen and oxygen atoms in total. The maximum Gasteiger partial charge on any atom is 0.244 e. The minimum atomic E-state index is -0.749. The predicted molar refractivity (Wildman–Crippen MR) is 124 cm³/mol. The fraction of sp³-hybridized carbons (Fsp3) is 0.833. The van der Waals surface area contributed by atoms with Gasteiger partial charge in [-0.2, -0.15) is 0 Å². The van der Waals surface area contributed by atoms with E-state index < -0.39 is 6.04 Å². The number of hydrogen-bond acceptors (Lipinski definition) is 3. The van der Waals surface area contributed by atoms with Crippen molar-refractivity contribution in [3.8, 4) is 0 Å². The number of unbranched alkanes of at least 4 members (excludes halogenated alkanes) is 8. The van der Waals surface area contributed by atoms with Crippen molar-refractivity contribution in [2.75, 3.05) is 6.54 Å². The van der Waals surface area contributed by atoms with Gasteiger partial charge >= 0.3 is 0 Å². The van der Waals surface area contributed by atoms with Gasteiger partial charge in [-0.3, -0.25) is 14.4 Å². The maximum absolute atomic E-state index is 12.5. The summed E-state index contributed by atoms with van der Waals surface area (Å²) >= 11 is 0. The molecule has 1 atom stereocenters. The monoisotopic (exact) mass is 424 g/mol. The standard InChI is InChI=1S/C24H46N3O3/c1-5-7-9-10-11-12-14-16-23(29)27-21(24(30)25-18-17-20(3)4)19-26-22(28)15-13-8-6-2/h18,20-21H,5-17,19H2,1-4H3,(H,25,30)(H,26,28)(H,27,29)/t21-/m0/s1. The largest absolute Gasteiger partial charge is 0.353 e. The molecule has 3 N–H and O–H groups in total. The Bertz CT molecular complexity index is 467. The molecule has 0 aromatic carbocycles. The zero-order valence-electron chi connectivity index (χ0n) is 19.9. The molecule has 1 radical (unpaired) electrons. The van der Waals surface area contributed by atoms with Gasteiger partial charge in [0.1, 0.15) is 6.04 Å². The second kappa shape index (κ2) is 19.4. The Morgan fingerprint density at radius 3 is 1.93 bits per heavy atom. The van der Waals surface area contributed by atoms with Crippen LogP contribution in [0.1, 0.15) is 111 Å². The highest BCUT2D eigenvalue weighted by molar-refractivity contribution is 5.88. The first-order valence-electron chi connectivity index (χ1n) is 12.1. The van der Waals surface area contributed by atoms with E-state index in [9.17, 15) is 14.4 Å². The van der Waals surface area contributed by atoms with Crippen LogP contribution >= 0.6 is 0 Å². The Morgan fingerprint density at radius 2 is 1.30 bits per heavy atom. The van der Waals surface area contributed by atoms with Crippen LogP contribution in [-0.4, -0.2) is 30.3 Å². The Kier molecular flexibility index (Phi) is 18.4. The van der Waals surface area contributed by atoms with E-state index in [1.54, 1.807) is 6.54 Å². The van der Waals surface area contributed by atoms with E-state index >= 15 is 0 Å². The second-order valence-electron chi connectivity index (χ2n) is 8.59. The van der Waals surface area contributed by atoms with Gasteiger partial charge in [0.05, 0.1) is 0 Å². The molecular formula is C24H46N3O3. The molecule has 0 saturated carbocycles. The van der Waals surface area contributed by atoms with Gasteiger partial charge in [0.2, 0.25) is 17.7 Å². The minimum Gasteiger partial charge on any atom is -0.353 e. The number of carbonyl (C=O) groups is 3. The quantitative estimate of drug-likeness (QED) is 0.264. The van der Waals surface area contributed by atoms with Crippen molar-refractivity contribution in [2.45, 2.75) is 117 Å². The molecular weight excluding hydrogens is 378 g/mol. The van der Waals surface area contributed by atoms with Gasteiger partial charge in [0.15, 0.2) is 0 Å². The van der Waals surface area contributed by atoms with E-state index in [4.69, 9.17) is 0 Å². The summed E-state index contributed by atoms with van der Waals surface area (Å²) in [5, 5.41) is 8.36. The van der Waals surface area contributed by atoms with Crippen molar-refractivity contribution in [3.05, 3.63) is 6.54 Å². The van der Waals surface area contributed by atoms with Crippen LogP contribution in [-0.2, 0) is 14.4 Å². The van der Waals surface area contributed by atoms with Gasteiger partial charge in [0, 0.05) is 25.9 Å². The Balaban J connectivity index is 4.39. The molecule has 0 aromatic heterocycles. The number of amides is 3. The third kappa shape index (κ3) is 17.3. The fourth-order valence-electron chi connectivity index (χ4n) is 3.05. The van der Waals surface area contributed by atoms with Crippen molar-refractivity contribution in [2.24, 2.45) is 5.92 Å². The SMILES string of the molecule is CCCCCCCCCC(=O)N[C@@H](CNC(=O)CCCCC)C(=O)N[CH]CC(C)C. The highest BCUT2D eigenvalue weighted by atomic mass is 16.2. The Labute approximate surface area is 184 Å². The summed E-state index contributed by atoms with van der Waals surface area (Å²) in [6, 6.07) is -0.749. The van der Waals surface area contributed by atoms with E-state index in [2.05, 4.69) is 43.6 Å². The fourth-order valence-corrected chi connectivity index (χ4v) is 3.05. The molecule has 0 heterocycles. The lowest BCUT2D eigenvalue weighted by molar-refractivity contribution is -0.129. The van der Waals surface area contributed by atoms with Gasteiger partial charge in [-0.1, -0.05) is 79.1 Å². The van der Waals surface area contributed by atoms with Crippen LogP contribution < -0.4 is 16.0 Å². The van der Waals surface area contributed by atoms with Crippen LogP contribution in [0.2, 0.25) is 0 Å². The van der Waals surface area contributed by atoms with Crippen molar-refractivity contribution in [1.29, 1.82) is 0 Å². The van der Waals surface area contributed by atoms with Crippen molar-refractivity contribution in [3.63, 3.8) is 0 Å². The van der Waals surface area contributed by atoms with Crippen LogP contribution in [0.4, 0.5) is 0 Å². The molecule has 6 heteroatoms. The maximum atomic E-state index is 12.5. The predicted octanol–water partition coefficient (Wildman–Crippen LogP) is 4.63. The normalized spacial score (nSPS) is 11.9. The number of carbonyl (C=O) groups excluding carboxylic acids is 3. The molecule has 0 aliphatic heterocycles. The summed E-state index contributed by atoms with van der Waals surface area (Å²) in [7, 11) is 0. The molecule has 0 aliphatic rings. The second-order valence-corrected chi connectivity index (χ2v) is 8.59. The number of nitrogens with one attached hydrogen (secondary N) is 3. The van der Waals surface area contributed by atoms with Gasteiger partial charge < -0.3 is 16.0 Å². The van der Waals surface area contributed by atoms with Gasteiger partial charge in [-0.05, 0) is 25.2 Å². The molecule has 0 aromatic rings. The third-order valence-electron chi connectivity index (χ3n) is 5.00. The third-order valence-corrected chi connectivity index (χ3v) is 5.00. The average Bonchev–Trinajstić information content (AvgIpc) is 2.70. The zero-order chi connectivity index (χ0) is 22.6. The lowest BCUT2D eigenvalue weighted by atomic mass is 10.1. The van der Waals surface area contributed by atoms with Crippen molar-refractivity contribution < 1.29 is 14.4 Å². The molecule has 0 unspecified atom stereocenters. The van der Waals surface area contributed by atoms with Crippen LogP contribution in [0.25, 0.3) is 0 Å². The van der Waals surface area contributed by atoms with E-state index in [-0.39, 0.29) is 24.3 Å². The summed E-state index contributed by atoms with van der Waals surface area (Å²) in [6.45, 7) is 10.3. The molecule has 0 bridgehead atoms. The topological polar surface area (TPSA) is 87.3 Å². The number of hydrogen-bond donors (Lipinski definition) is 3. The average molecular weight is 425 g/mol. The van der Waals surface area contributed by atoms with E-state index in [1.807, 2.05) is 0 Å². The van der Waals surface area contributed by atoms with Crippen LogP contribution in [0, 0.1) is 12.5 Å². The Hall–Kier alpha value is -1.59. The van der Waals surface area contributed by atoms with Gasteiger partial charge in [0.25, 0.3) is 0 Å². The summed E-state index contributed by atoms with van der Waals surface area (Å²) in [5.74, 6) is -0.0482. The molecule has 30 heavy (non-hydrogen) atoms. The smallest absolute Gasteiger partial charge is 0.244 e. The molecule has 175 valence electrons. The van der Waals surface area contributed by atoms with E-state index in [1.165, 1.54) is 25.7 Å². The van der Waals surface area contributed by atoms with Gasteiger partial charge in [-0.25, -0.2) is 0 Å². The highest BCUT2D eigenvalue weighted by Gasteiger charge is 2.21. The van der Waals surface area contributed by atoms with Crippen molar-refractivity contribution in [1.82, 2.24) is 16.0 Å². The minimum absolute atomic E-state index is 0.0752. The first-order chi connectivity index (χ1) is 14.4. The summed E-state index contributed by atoms with van der Waals surface area (Å²) < 4.78 is 0. The molecule has 0 spiro atoms. The molecule has 0 fully saturated rings. The highest BCUT2D eigenvalue weighted by Crippen LogP contribution is 2.08. The van der Waals surface area contributed by atoms with E-state index in [0.717, 1.165) is 44.9 Å². The first kappa shape index (κ1) is 28.4. The Morgan fingerprint density at radius 1 is 0.767 bits per heavy atom. The van der Waals surface area contributed by atoms with Crippen LogP contribution in [0.5, 0.6) is 0 Å². The molecule has 0 aliphatic carbocycles. The lowest BCUT2D eigenvalue weighted by Gasteiger charge is -2.19. The molecule has 0 rings (SSSR count). The van der Waals surface area contributed by atoms with Crippen molar-refractivity contribution >= 4 is 17.7 Å². The van der Waals surface area contributed by atoms with Crippen LogP contribution in [0.15, 0.2) is 0 Å². The van der Waals surface area contributed by atoms with Gasteiger partial charge in [-0.15, -0.1) is 0 Å². The lowest BCUT2D eigenvalue weighted by Crippen LogP contribution is -2.52. The first-order valence-corrected chi connectivity index (χ1v) is 12.1. The summed E-state index contributed by atoms with van der Waals surface area (Å²) in [4.78, 5) is 36.8. The number of rotatable bonds is 19. The summed E-state index contributed by atoms with van der Waals surface area (Å²) in [5.41, 5.74) is 0.